The summed E-state index contributed by atoms with van der Waals surface area (Å²) in [5.41, 5.74) is 0.829. The van der Waals surface area contributed by atoms with E-state index in [0.717, 1.165) is 15.3 Å². The molecule has 0 spiro atoms. The molecule has 0 aliphatic heterocycles. The number of aliphatic hydroxyl groups excluding tert-OH is 1. The molecule has 0 fully saturated rings. The topological polar surface area (TPSA) is 104 Å². The summed E-state index contributed by atoms with van der Waals surface area (Å²) in [7, 11) is 0. The van der Waals surface area contributed by atoms with Crippen LogP contribution in [0.1, 0.15) is 16.1 Å². The Kier molecular flexibility index (Phi) is 3.62. The van der Waals surface area contributed by atoms with Gasteiger partial charge in [0.25, 0.3) is 5.91 Å². The molecule has 3 N–H and O–H groups in total. The molecular formula is C12H11N3O4S2. The normalized spacial score (nSPS) is 12.8. The molecule has 0 aromatic carbocycles. The number of carbonyl (C=O) groups is 2. The zero-order valence-corrected chi connectivity index (χ0v) is 12.3. The second-order valence-electron chi connectivity index (χ2n) is 4.34. The highest BCUT2D eigenvalue weighted by molar-refractivity contribution is 7.21. The van der Waals surface area contributed by atoms with Gasteiger partial charge in [0.15, 0.2) is 4.96 Å². The first-order valence-electron chi connectivity index (χ1n) is 6.10. The van der Waals surface area contributed by atoms with Crippen LogP contribution in [0.25, 0.3) is 15.3 Å². The minimum absolute atomic E-state index is 0.0278. The van der Waals surface area contributed by atoms with E-state index in [-0.39, 0.29) is 13.0 Å². The number of aliphatic hydroxyl groups is 1. The molecular weight excluding hydrogens is 314 g/mol. The van der Waals surface area contributed by atoms with Gasteiger partial charge in [-0.05, 0) is 6.07 Å². The summed E-state index contributed by atoms with van der Waals surface area (Å²) < 4.78 is 1.88. The van der Waals surface area contributed by atoms with Crippen molar-refractivity contribution >= 4 is 49.9 Å². The molecule has 9 heteroatoms. The van der Waals surface area contributed by atoms with E-state index in [2.05, 4.69) is 10.3 Å². The summed E-state index contributed by atoms with van der Waals surface area (Å²) in [6.07, 6.45) is 1.84. The Morgan fingerprint density at radius 1 is 1.48 bits per heavy atom. The number of thiophene rings is 1. The van der Waals surface area contributed by atoms with E-state index in [4.69, 9.17) is 10.2 Å². The number of carboxylic acids is 1. The van der Waals surface area contributed by atoms with Gasteiger partial charge in [0.05, 0.1) is 10.4 Å². The zero-order valence-electron chi connectivity index (χ0n) is 10.6. The molecule has 1 atom stereocenters. The molecule has 1 amide bonds. The number of rotatable bonds is 5. The van der Waals surface area contributed by atoms with Gasteiger partial charge in [-0.25, -0.2) is 9.78 Å². The molecule has 110 valence electrons. The summed E-state index contributed by atoms with van der Waals surface area (Å²) in [6.45, 7) is -0.304. The number of carbonyl (C=O) groups excluding carboxylic acids is 1. The van der Waals surface area contributed by atoms with Crippen molar-refractivity contribution in [1.29, 1.82) is 0 Å². The molecule has 0 saturated heterocycles. The van der Waals surface area contributed by atoms with Crippen molar-refractivity contribution in [3.8, 4) is 0 Å². The molecule has 21 heavy (non-hydrogen) atoms. The van der Waals surface area contributed by atoms with Crippen LogP contribution in [0.3, 0.4) is 0 Å². The van der Waals surface area contributed by atoms with Crippen LogP contribution >= 0.6 is 22.7 Å². The zero-order chi connectivity index (χ0) is 15.0. The van der Waals surface area contributed by atoms with Crippen molar-refractivity contribution in [3.05, 3.63) is 22.5 Å². The standard InChI is InChI=1S/C12H11N3O4S2/c16-3-1-6(11(18)19)13-9(17)8-5-7-10(21-8)14-12-15(7)2-4-20-12/h2,4-6,16H,1,3H2,(H,13,17)(H,18,19)/t6-/m0/s1. The van der Waals surface area contributed by atoms with E-state index in [1.165, 1.54) is 22.7 Å². The number of fused-ring (bicyclic) bond motifs is 3. The third-order valence-corrected chi connectivity index (χ3v) is 4.76. The van der Waals surface area contributed by atoms with Crippen LogP contribution in [0, 0.1) is 0 Å². The number of nitrogens with zero attached hydrogens (tertiary/aromatic N) is 2. The lowest BCUT2D eigenvalue weighted by atomic mass is 10.2. The maximum Gasteiger partial charge on any atom is 0.326 e. The van der Waals surface area contributed by atoms with Gasteiger partial charge in [-0.1, -0.05) is 0 Å². The Labute approximate surface area is 126 Å². The average Bonchev–Trinajstić information content (AvgIpc) is 3.08. The molecule has 0 aliphatic rings. The maximum absolute atomic E-state index is 12.1. The first-order valence-corrected chi connectivity index (χ1v) is 7.79. The van der Waals surface area contributed by atoms with E-state index in [1.54, 1.807) is 6.07 Å². The van der Waals surface area contributed by atoms with Gasteiger partial charge in [0, 0.05) is 24.6 Å². The third-order valence-electron chi connectivity index (χ3n) is 2.98. The molecule has 3 aromatic rings. The quantitative estimate of drug-likeness (QED) is 0.653. The van der Waals surface area contributed by atoms with Gasteiger partial charge in [-0.3, -0.25) is 9.20 Å². The fourth-order valence-electron chi connectivity index (χ4n) is 1.98. The second kappa shape index (κ2) is 5.43. The highest BCUT2D eigenvalue weighted by Crippen LogP contribution is 2.28. The Morgan fingerprint density at radius 2 is 2.29 bits per heavy atom. The molecule has 0 saturated carbocycles. The van der Waals surface area contributed by atoms with Crippen molar-refractivity contribution in [2.24, 2.45) is 0 Å². The number of aliphatic carboxylic acids is 1. The van der Waals surface area contributed by atoms with Crippen molar-refractivity contribution in [2.75, 3.05) is 6.61 Å². The van der Waals surface area contributed by atoms with Crippen LogP contribution in [0.4, 0.5) is 0 Å². The molecule has 7 nitrogen and oxygen atoms in total. The number of aromatic nitrogens is 2. The van der Waals surface area contributed by atoms with Gasteiger partial charge in [0.2, 0.25) is 0 Å². The largest absolute Gasteiger partial charge is 0.480 e. The summed E-state index contributed by atoms with van der Waals surface area (Å²) in [4.78, 5) is 29.5. The van der Waals surface area contributed by atoms with E-state index in [9.17, 15) is 9.59 Å². The highest BCUT2D eigenvalue weighted by atomic mass is 32.1. The van der Waals surface area contributed by atoms with E-state index >= 15 is 0 Å². The van der Waals surface area contributed by atoms with Gasteiger partial charge in [-0.2, -0.15) is 0 Å². The molecule has 0 aliphatic carbocycles. The fraction of sp³-hybridized carbons (Fsp3) is 0.250. The number of amides is 1. The number of hydrogen-bond acceptors (Lipinski definition) is 6. The third kappa shape index (κ3) is 2.50. The SMILES string of the molecule is O=C(N[C@@H](CCO)C(=O)O)c1cc2c(nc3sccn32)s1. The predicted octanol–water partition coefficient (Wildman–Crippen LogP) is 1.18. The predicted molar refractivity (Wildman–Crippen MR) is 79.0 cm³/mol. The van der Waals surface area contributed by atoms with Gasteiger partial charge < -0.3 is 15.5 Å². The van der Waals surface area contributed by atoms with E-state index < -0.39 is 17.9 Å². The Bertz CT molecular complexity index is 819. The Balaban J connectivity index is 1.86. The lowest BCUT2D eigenvalue weighted by molar-refractivity contribution is -0.139. The number of imidazole rings is 1. The van der Waals surface area contributed by atoms with Gasteiger partial charge in [0.1, 0.15) is 10.9 Å². The number of thiazole rings is 1. The van der Waals surface area contributed by atoms with Crippen LogP contribution < -0.4 is 5.32 Å². The van der Waals surface area contributed by atoms with Crippen LogP contribution in [-0.4, -0.2) is 44.1 Å². The molecule has 3 heterocycles. The summed E-state index contributed by atoms with van der Waals surface area (Å²) in [6, 6.07) is 0.598. The molecule has 0 unspecified atom stereocenters. The van der Waals surface area contributed by atoms with Crippen molar-refractivity contribution in [1.82, 2.24) is 14.7 Å². The maximum atomic E-state index is 12.1. The fourth-order valence-corrected chi connectivity index (χ4v) is 3.68. The molecule has 3 aromatic heterocycles. The minimum atomic E-state index is -1.17. The Hall–Kier alpha value is -1.97. The van der Waals surface area contributed by atoms with Crippen molar-refractivity contribution < 1.29 is 19.8 Å². The number of hydrogen-bond donors (Lipinski definition) is 3. The summed E-state index contributed by atoms with van der Waals surface area (Å²) in [5.74, 6) is -1.64. The Morgan fingerprint density at radius 3 is 3.00 bits per heavy atom. The minimum Gasteiger partial charge on any atom is -0.480 e. The van der Waals surface area contributed by atoms with Crippen molar-refractivity contribution in [3.63, 3.8) is 0 Å². The van der Waals surface area contributed by atoms with E-state index in [0.29, 0.717) is 4.88 Å². The number of carboxylic acid groups (broad SMARTS) is 1. The van der Waals surface area contributed by atoms with Crippen LogP contribution in [0.15, 0.2) is 17.6 Å². The van der Waals surface area contributed by atoms with Crippen LogP contribution in [-0.2, 0) is 4.79 Å². The first-order chi connectivity index (χ1) is 10.1. The van der Waals surface area contributed by atoms with Gasteiger partial charge >= 0.3 is 5.97 Å². The second-order valence-corrected chi connectivity index (χ2v) is 6.25. The van der Waals surface area contributed by atoms with E-state index in [1.807, 2.05) is 16.0 Å². The van der Waals surface area contributed by atoms with Crippen LogP contribution in [0.5, 0.6) is 0 Å². The molecule has 3 rings (SSSR count). The average molecular weight is 325 g/mol. The smallest absolute Gasteiger partial charge is 0.326 e. The van der Waals surface area contributed by atoms with Crippen LogP contribution in [0.2, 0.25) is 0 Å². The molecule has 0 radical (unpaired) electrons. The lowest BCUT2D eigenvalue weighted by Gasteiger charge is -2.11. The summed E-state index contributed by atoms with van der Waals surface area (Å²) >= 11 is 2.72. The first kappa shape index (κ1) is 14.0. The summed E-state index contributed by atoms with van der Waals surface area (Å²) in [5, 5.41) is 22.1. The monoisotopic (exact) mass is 325 g/mol. The van der Waals surface area contributed by atoms with Gasteiger partial charge in [-0.15, -0.1) is 22.7 Å². The van der Waals surface area contributed by atoms with Crippen molar-refractivity contribution in [2.45, 2.75) is 12.5 Å². The highest BCUT2D eigenvalue weighted by Gasteiger charge is 2.22. The lowest BCUT2D eigenvalue weighted by Crippen LogP contribution is -2.41. The molecule has 0 bridgehead atoms. The number of nitrogens with one attached hydrogen (secondary N) is 1.